The van der Waals surface area contributed by atoms with Gasteiger partial charge >= 0.3 is 0 Å². The number of rotatable bonds is 0. The fourth-order valence-corrected chi connectivity index (χ4v) is 2.53. The van der Waals surface area contributed by atoms with Gasteiger partial charge in [-0.2, -0.15) is 0 Å². The molecule has 15 heavy (non-hydrogen) atoms. The molecule has 0 aromatic heterocycles. The molecule has 1 aliphatic rings. The average Bonchev–Trinajstić information content (AvgIpc) is 2.03. The third-order valence-corrected chi connectivity index (χ3v) is 3.07. The molecule has 82 valence electrons. The molecule has 0 amide bonds. The Hall–Kier alpha value is -0.540. The minimum Gasteiger partial charge on any atom is -0.358 e. The Bertz CT molecular complexity index is 399. The lowest BCUT2D eigenvalue weighted by Crippen LogP contribution is -2.46. The van der Waals surface area contributed by atoms with Crippen molar-refractivity contribution in [1.29, 1.82) is 0 Å². The first-order valence-corrected chi connectivity index (χ1v) is 5.88. The van der Waals surface area contributed by atoms with Gasteiger partial charge < -0.3 is 10.1 Å². The van der Waals surface area contributed by atoms with Crippen LogP contribution in [0.15, 0.2) is 22.7 Å². The molecular weight excluding hydrogens is 254 g/mol. The van der Waals surface area contributed by atoms with Crippen molar-refractivity contribution in [3.8, 4) is 0 Å². The van der Waals surface area contributed by atoms with E-state index < -0.39 is 0 Å². The number of hydrogen-bond acceptors (Lipinski definition) is 2. The lowest BCUT2D eigenvalue weighted by molar-refractivity contribution is -0.119. The quantitative estimate of drug-likeness (QED) is 0.772. The maximum absolute atomic E-state index is 6.01. The fourth-order valence-electron chi connectivity index (χ4n) is 2.17. The largest absolute Gasteiger partial charge is 0.358 e. The number of hydrogen-bond donors (Lipinski definition) is 1. The van der Waals surface area contributed by atoms with E-state index in [0.717, 1.165) is 10.2 Å². The average molecular weight is 270 g/mol. The minimum absolute atomic E-state index is 0.256. The number of halogens is 1. The van der Waals surface area contributed by atoms with Crippen LogP contribution in [0.25, 0.3) is 0 Å². The second-order valence-corrected chi connectivity index (χ2v) is 5.85. The van der Waals surface area contributed by atoms with E-state index in [0.29, 0.717) is 0 Å². The molecule has 0 saturated heterocycles. The Morgan fingerprint density at radius 3 is 2.53 bits per heavy atom. The standard InChI is InChI=1S/C12H16BrNO/c1-11(2)9-7-8(13)5-6-10(9)14-12(3,4)15-11/h5-7,14H,1-4H3. The molecular formula is C12H16BrNO. The van der Waals surface area contributed by atoms with Gasteiger partial charge in [-0.25, -0.2) is 0 Å². The zero-order valence-electron chi connectivity index (χ0n) is 9.52. The maximum atomic E-state index is 6.01. The third kappa shape index (κ3) is 2.04. The Balaban J connectivity index is 2.55. The van der Waals surface area contributed by atoms with Gasteiger partial charge in [0.2, 0.25) is 0 Å². The number of benzene rings is 1. The summed E-state index contributed by atoms with van der Waals surface area (Å²) in [5, 5.41) is 3.38. The molecule has 0 aliphatic carbocycles. The summed E-state index contributed by atoms with van der Waals surface area (Å²) in [7, 11) is 0. The minimum atomic E-state index is -0.315. The molecule has 2 rings (SSSR count). The summed E-state index contributed by atoms with van der Waals surface area (Å²) in [4.78, 5) is 0. The molecule has 0 bridgehead atoms. The van der Waals surface area contributed by atoms with Crippen LogP contribution in [-0.2, 0) is 10.3 Å². The summed E-state index contributed by atoms with van der Waals surface area (Å²) in [6.07, 6.45) is 0. The number of anilines is 1. The van der Waals surface area contributed by atoms with Gasteiger partial charge in [0.05, 0.1) is 5.60 Å². The van der Waals surface area contributed by atoms with Crippen molar-refractivity contribution in [3.63, 3.8) is 0 Å². The predicted molar refractivity (Wildman–Crippen MR) is 66.0 cm³/mol. The topological polar surface area (TPSA) is 21.3 Å². The predicted octanol–water partition coefficient (Wildman–Crippen LogP) is 3.86. The van der Waals surface area contributed by atoms with Gasteiger partial charge in [-0.05, 0) is 45.9 Å². The van der Waals surface area contributed by atoms with Crippen LogP contribution in [0.1, 0.15) is 33.3 Å². The SMILES string of the molecule is CC1(C)Nc2ccc(Br)cc2C(C)(C)O1. The monoisotopic (exact) mass is 269 g/mol. The van der Waals surface area contributed by atoms with Crippen molar-refractivity contribution in [3.05, 3.63) is 28.2 Å². The lowest BCUT2D eigenvalue weighted by atomic mass is 9.93. The van der Waals surface area contributed by atoms with Gasteiger partial charge in [-0.3, -0.25) is 0 Å². The highest BCUT2D eigenvalue weighted by Gasteiger charge is 2.37. The van der Waals surface area contributed by atoms with Crippen LogP contribution in [0.4, 0.5) is 5.69 Å². The molecule has 0 saturated carbocycles. The Morgan fingerprint density at radius 2 is 1.87 bits per heavy atom. The van der Waals surface area contributed by atoms with Crippen LogP contribution in [0.3, 0.4) is 0 Å². The molecule has 1 aromatic rings. The van der Waals surface area contributed by atoms with Crippen LogP contribution >= 0.6 is 15.9 Å². The lowest BCUT2D eigenvalue weighted by Gasteiger charge is -2.43. The molecule has 1 heterocycles. The molecule has 3 heteroatoms. The molecule has 0 unspecified atom stereocenters. The molecule has 0 fully saturated rings. The molecule has 0 spiro atoms. The summed E-state index contributed by atoms with van der Waals surface area (Å²) >= 11 is 3.49. The first-order chi connectivity index (χ1) is 6.80. The zero-order chi connectivity index (χ0) is 11.3. The van der Waals surface area contributed by atoms with Gasteiger partial charge in [0, 0.05) is 15.7 Å². The van der Waals surface area contributed by atoms with Crippen LogP contribution in [0.2, 0.25) is 0 Å². The van der Waals surface area contributed by atoms with E-state index in [2.05, 4.69) is 47.2 Å². The van der Waals surface area contributed by atoms with Gasteiger partial charge in [0.25, 0.3) is 0 Å². The van der Waals surface area contributed by atoms with Crippen molar-refractivity contribution in [2.75, 3.05) is 5.32 Å². The fraction of sp³-hybridized carbons (Fsp3) is 0.500. The highest BCUT2D eigenvalue weighted by atomic mass is 79.9. The van der Waals surface area contributed by atoms with E-state index in [1.807, 2.05) is 19.9 Å². The second-order valence-electron chi connectivity index (χ2n) is 4.94. The van der Waals surface area contributed by atoms with Crippen LogP contribution in [-0.4, -0.2) is 5.72 Å². The molecule has 0 radical (unpaired) electrons. The van der Waals surface area contributed by atoms with Crippen LogP contribution in [0.5, 0.6) is 0 Å². The van der Waals surface area contributed by atoms with E-state index in [1.54, 1.807) is 0 Å². The Labute approximate surface area is 99.1 Å². The summed E-state index contributed by atoms with van der Waals surface area (Å²) in [6, 6.07) is 6.24. The van der Waals surface area contributed by atoms with Crippen LogP contribution < -0.4 is 5.32 Å². The molecule has 1 N–H and O–H groups in total. The van der Waals surface area contributed by atoms with E-state index >= 15 is 0 Å². The van der Waals surface area contributed by atoms with Crippen molar-refractivity contribution >= 4 is 21.6 Å². The van der Waals surface area contributed by atoms with Crippen LogP contribution in [0, 0.1) is 0 Å². The van der Waals surface area contributed by atoms with Gasteiger partial charge in [0.1, 0.15) is 5.72 Å². The molecule has 0 atom stereocenters. The normalized spacial score (nSPS) is 21.7. The van der Waals surface area contributed by atoms with Gasteiger partial charge in [0.15, 0.2) is 0 Å². The number of nitrogens with one attached hydrogen (secondary N) is 1. The van der Waals surface area contributed by atoms with Crippen molar-refractivity contribution in [1.82, 2.24) is 0 Å². The molecule has 1 aliphatic heterocycles. The summed E-state index contributed by atoms with van der Waals surface area (Å²) in [6.45, 7) is 8.28. The van der Waals surface area contributed by atoms with E-state index in [4.69, 9.17) is 4.74 Å². The summed E-state index contributed by atoms with van der Waals surface area (Å²) < 4.78 is 7.09. The second kappa shape index (κ2) is 3.22. The van der Waals surface area contributed by atoms with Gasteiger partial charge in [-0.15, -0.1) is 0 Å². The number of ether oxygens (including phenoxy) is 1. The first-order valence-electron chi connectivity index (χ1n) is 5.09. The Morgan fingerprint density at radius 1 is 1.20 bits per heavy atom. The first kappa shape index (κ1) is 11.0. The van der Waals surface area contributed by atoms with E-state index in [-0.39, 0.29) is 11.3 Å². The maximum Gasteiger partial charge on any atom is 0.134 e. The summed E-state index contributed by atoms with van der Waals surface area (Å²) in [5.74, 6) is 0. The van der Waals surface area contributed by atoms with Crippen molar-refractivity contribution in [2.24, 2.45) is 0 Å². The smallest absolute Gasteiger partial charge is 0.134 e. The highest BCUT2D eigenvalue weighted by Crippen LogP contribution is 2.41. The van der Waals surface area contributed by atoms with E-state index in [1.165, 1.54) is 5.56 Å². The molecule has 1 aromatic carbocycles. The third-order valence-electron chi connectivity index (χ3n) is 2.58. The highest BCUT2D eigenvalue weighted by molar-refractivity contribution is 9.10. The zero-order valence-corrected chi connectivity index (χ0v) is 11.1. The van der Waals surface area contributed by atoms with E-state index in [9.17, 15) is 0 Å². The summed E-state index contributed by atoms with van der Waals surface area (Å²) in [5.41, 5.74) is 1.77. The number of fused-ring (bicyclic) bond motifs is 1. The van der Waals surface area contributed by atoms with Crippen molar-refractivity contribution < 1.29 is 4.74 Å². The van der Waals surface area contributed by atoms with Crippen molar-refractivity contribution in [2.45, 2.75) is 39.0 Å². The Kier molecular flexibility index (Phi) is 2.36. The van der Waals surface area contributed by atoms with Gasteiger partial charge in [-0.1, -0.05) is 15.9 Å². The molecule has 2 nitrogen and oxygen atoms in total.